The molecule has 0 N–H and O–H groups in total. The van der Waals surface area contributed by atoms with Crippen LogP contribution < -0.4 is 0 Å². The van der Waals surface area contributed by atoms with Gasteiger partial charge >= 0.3 is 0 Å². The Morgan fingerprint density at radius 3 is 1.65 bits per heavy atom. The normalized spacial score (nSPS) is 36.7. The number of unbranched alkanes of at least 4 members (excludes halogenated alkanes) is 5. The van der Waals surface area contributed by atoms with Crippen molar-refractivity contribution >= 4 is 0 Å². The first-order chi connectivity index (χ1) is 15.2. The Morgan fingerprint density at radius 2 is 1.10 bits per heavy atom. The fraction of sp³-hybridized carbons (Fsp3) is 0.967. The van der Waals surface area contributed by atoms with Gasteiger partial charge < -0.3 is 0 Å². The predicted molar refractivity (Wildman–Crippen MR) is 134 cm³/mol. The minimum absolute atomic E-state index is 0.0427. The topological polar surface area (TPSA) is 23.8 Å². The lowest BCUT2D eigenvalue weighted by Crippen LogP contribution is -2.38. The van der Waals surface area contributed by atoms with Gasteiger partial charge in [0.05, 0.1) is 11.5 Å². The number of nitriles is 1. The molecule has 0 radical (unpaired) electrons. The van der Waals surface area contributed by atoms with Gasteiger partial charge in [0.1, 0.15) is 0 Å². The minimum atomic E-state index is 0.0427. The van der Waals surface area contributed by atoms with Crippen molar-refractivity contribution in [3.8, 4) is 6.07 Å². The third-order valence-corrected chi connectivity index (χ3v) is 10.0. The Kier molecular flexibility index (Phi) is 10.7. The van der Waals surface area contributed by atoms with E-state index >= 15 is 0 Å². The van der Waals surface area contributed by atoms with Crippen molar-refractivity contribution in [2.75, 3.05) is 0 Å². The fourth-order valence-electron chi connectivity index (χ4n) is 7.73. The van der Waals surface area contributed by atoms with Crippen LogP contribution in [0, 0.1) is 46.3 Å². The van der Waals surface area contributed by atoms with E-state index in [1.165, 1.54) is 135 Å². The molecule has 3 fully saturated rings. The maximum absolute atomic E-state index is 10.2. The van der Waals surface area contributed by atoms with Crippen molar-refractivity contribution in [3.05, 3.63) is 0 Å². The van der Waals surface area contributed by atoms with Crippen molar-refractivity contribution in [1.82, 2.24) is 0 Å². The lowest BCUT2D eigenvalue weighted by atomic mass is 9.57. The monoisotopic (exact) mass is 427 g/mol. The number of nitrogens with zero attached hydrogens (tertiary/aromatic N) is 1. The Labute approximate surface area is 195 Å². The van der Waals surface area contributed by atoms with Gasteiger partial charge in [-0.2, -0.15) is 5.26 Å². The van der Waals surface area contributed by atoms with Gasteiger partial charge in [-0.05, 0) is 81.0 Å². The lowest BCUT2D eigenvalue weighted by Gasteiger charge is -2.46. The molecular weight excluding hydrogens is 374 g/mol. The van der Waals surface area contributed by atoms with Gasteiger partial charge in [0, 0.05) is 0 Å². The predicted octanol–water partition coefficient (Wildman–Crippen LogP) is 9.85. The second-order valence-electron chi connectivity index (χ2n) is 11.9. The summed E-state index contributed by atoms with van der Waals surface area (Å²) in [5.74, 6) is 4.63. The number of rotatable bonds is 11. The quantitative estimate of drug-likeness (QED) is 0.301. The molecule has 0 unspecified atom stereocenters. The lowest BCUT2D eigenvalue weighted by molar-refractivity contribution is 0.0601. The summed E-state index contributed by atoms with van der Waals surface area (Å²) in [7, 11) is 0. The summed E-state index contributed by atoms with van der Waals surface area (Å²) in [6, 6.07) is 2.92. The highest BCUT2D eigenvalue weighted by molar-refractivity contribution is 5.06. The van der Waals surface area contributed by atoms with Gasteiger partial charge in [-0.3, -0.25) is 0 Å². The van der Waals surface area contributed by atoms with E-state index in [-0.39, 0.29) is 5.41 Å². The van der Waals surface area contributed by atoms with Gasteiger partial charge in [0.15, 0.2) is 0 Å². The molecule has 0 bridgehead atoms. The summed E-state index contributed by atoms with van der Waals surface area (Å²) in [6.45, 7) is 4.63. The molecule has 3 aliphatic rings. The molecule has 0 atom stereocenters. The van der Waals surface area contributed by atoms with Crippen LogP contribution in [0.1, 0.15) is 149 Å². The first-order valence-electron chi connectivity index (χ1n) is 14.6. The van der Waals surface area contributed by atoms with E-state index in [0.29, 0.717) is 5.92 Å². The third-order valence-electron chi connectivity index (χ3n) is 10.0. The first kappa shape index (κ1) is 25.1. The van der Waals surface area contributed by atoms with E-state index in [1.807, 2.05) is 0 Å². The van der Waals surface area contributed by atoms with Crippen LogP contribution in [0.25, 0.3) is 0 Å². The average molecular weight is 428 g/mol. The van der Waals surface area contributed by atoms with Crippen molar-refractivity contribution in [2.24, 2.45) is 35.0 Å². The Balaban J connectivity index is 1.38. The average Bonchev–Trinajstić information content (AvgIpc) is 2.83. The van der Waals surface area contributed by atoms with Crippen molar-refractivity contribution in [3.63, 3.8) is 0 Å². The Bertz CT molecular complexity index is 507. The third kappa shape index (κ3) is 7.24. The largest absolute Gasteiger partial charge is 0.198 e. The summed E-state index contributed by atoms with van der Waals surface area (Å²) in [6.07, 6.45) is 29.5. The van der Waals surface area contributed by atoms with Crippen molar-refractivity contribution in [2.45, 2.75) is 149 Å². The zero-order valence-electron chi connectivity index (χ0n) is 21.2. The number of hydrogen-bond acceptors (Lipinski definition) is 1. The molecule has 0 aromatic heterocycles. The van der Waals surface area contributed by atoms with Crippen molar-refractivity contribution in [1.29, 1.82) is 5.26 Å². The molecule has 1 heteroatoms. The zero-order valence-corrected chi connectivity index (χ0v) is 21.2. The molecular formula is C30H53N. The Morgan fingerprint density at radius 1 is 0.613 bits per heavy atom. The highest BCUT2D eigenvalue weighted by Crippen LogP contribution is 2.52. The molecule has 31 heavy (non-hydrogen) atoms. The summed E-state index contributed by atoms with van der Waals surface area (Å²) in [5, 5.41) is 10.2. The highest BCUT2D eigenvalue weighted by atomic mass is 14.5. The molecule has 0 saturated heterocycles. The van der Waals surface area contributed by atoms with Crippen LogP contribution in [0.4, 0.5) is 0 Å². The van der Waals surface area contributed by atoms with Gasteiger partial charge in [-0.1, -0.05) is 97.3 Å². The standard InChI is InChI=1S/C30H53N/c1-3-5-7-9-11-26-14-18-29(19-15-26)30(24-31)22-20-28(21-23-30)27-16-12-25(13-17-27)10-8-6-4-2/h25-29H,3-23H2,1-2H3/t25?,26?,27?,28-,29?,30-. The summed E-state index contributed by atoms with van der Waals surface area (Å²) < 4.78 is 0. The highest BCUT2D eigenvalue weighted by Gasteiger charge is 2.44. The van der Waals surface area contributed by atoms with E-state index in [2.05, 4.69) is 19.9 Å². The van der Waals surface area contributed by atoms with Crippen LogP contribution in [0.3, 0.4) is 0 Å². The molecule has 178 valence electrons. The SMILES string of the molecule is CCCCCCC1CCC([C@]2(C#N)CC[C@@H](C3CCC(CCCCC)CC3)CC2)CC1. The van der Waals surface area contributed by atoms with Crippen LogP contribution in [0.5, 0.6) is 0 Å². The van der Waals surface area contributed by atoms with E-state index in [9.17, 15) is 5.26 Å². The van der Waals surface area contributed by atoms with Crippen LogP contribution in [0.2, 0.25) is 0 Å². The van der Waals surface area contributed by atoms with Gasteiger partial charge in [0.25, 0.3) is 0 Å². The maximum atomic E-state index is 10.2. The van der Waals surface area contributed by atoms with Crippen LogP contribution in [-0.4, -0.2) is 0 Å². The molecule has 0 aliphatic heterocycles. The van der Waals surface area contributed by atoms with E-state index < -0.39 is 0 Å². The summed E-state index contributed by atoms with van der Waals surface area (Å²) >= 11 is 0. The van der Waals surface area contributed by atoms with Crippen LogP contribution in [0.15, 0.2) is 0 Å². The van der Waals surface area contributed by atoms with E-state index in [1.54, 1.807) is 0 Å². The van der Waals surface area contributed by atoms with Gasteiger partial charge in [-0.25, -0.2) is 0 Å². The van der Waals surface area contributed by atoms with Crippen LogP contribution in [-0.2, 0) is 0 Å². The Hall–Kier alpha value is -0.510. The first-order valence-corrected chi connectivity index (χ1v) is 14.6. The molecule has 0 amide bonds. The van der Waals surface area contributed by atoms with Gasteiger partial charge in [-0.15, -0.1) is 0 Å². The molecule has 0 aromatic rings. The summed E-state index contributed by atoms with van der Waals surface area (Å²) in [5.41, 5.74) is 0.0427. The molecule has 3 rings (SSSR count). The molecule has 3 saturated carbocycles. The van der Waals surface area contributed by atoms with Gasteiger partial charge in [0.2, 0.25) is 0 Å². The second kappa shape index (κ2) is 13.3. The molecule has 1 nitrogen and oxygen atoms in total. The molecule has 0 aromatic carbocycles. The molecule has 3 aliphatic carbocycles. The maximum Gasteiger partial charge on any atom is 0.0692 e. The molecule has 0 spiro atoms. The minimum Gasteiger partial charge on any atom is -0.198 e. The smallest absolute Gasteiger partial charge is 0.0692 e. The van der Waals surface area contributed by atoms with Crippen LogP contribution >= 0.6 is 0 Å². The fourth-order valence-corrected chi connectivity index (χ4v) is 7.73. The second-order valence-corrected chi connectivity index (χ2v) is 11.9. The summed E-state index contributed by atoms with van der Waals surface area (Å²) in [4.78, 5) is 0. The zero-order chi connectivity index (χ0) is 21.9. The number of hydrogen-bond donors (Lipinski definition) is 0. The molecule has 0 heterocycles. The van der Waals surface area contributed by atoms with Crippen molar-refractivity contribution < 1.29 is 0 Å². The van der Waals surface area contributed by atoms with E-state index in [4.69, 9.17) is 0 Å². The van der Waals surface area contributed by atoms with E-state index in [0.717, 1.165) is 23.7 Å².